The molecule has 18 heavy (non-hydrogen) atoms. The molecule has 0 saturated carbocycles. The van der Waals surface area contributed by atoms with Gasteiger partial charge >= 0.3 is 0 Å². The lowest BCUT2D eigenvalue weighted by Crippen LogP contribution is -2.14. The molecule has 1 aromatic heterocycles. The number of methoxy groups -OCH3 is 1. The van der Waals surface area contributed by atoms with E-state index in [9.17, 15) is 4.79 Å². The van der Waals surface area contributed by atoms with Gasteiger partial charge in [-0.1, -0.05) is 0 Å². The van der Waals surface area contributed by atoms with Crippen LogP contribution in [0.1, 0.15) is 16.1 Å². The van der Waals surface area contributed by atoms with Crippen molar-refractivity contribution in [3.05, 3.63) is 29.5 Å². The standard InChI is InChI=1S/C11H12N4O3/c1-6-5-7(3-4-8(6)17-2)13-11(16)9-10(12)15-18-14-9/h3-5H,1-2H3,(H2,12,15)(H,13,16). The number of aromatic nitrogens is 2. The van der Waals surface area contributed by atoms with Crippen molar-refractivity contribution in [2.75, 3.05) is 18.2 Å². The number of hydrogen-bond donors (Lipinski definition) is 2. The van der Waals surface area contributed by atoms with E-state index in [4.69, 9.17) is 10.5 Å². The predicted molar refractivity (Wildman–Crippen MR) is 64.4 cm³/mol. The van der Waals surface area contributed by atoms with Gasteiger partial charge in [0, 0.05) is 5.69 Å². The lowest BCUT2D eigenvalue weighted by Gasteiger charge is -2.07. The number of nitrogens with zero attached hydrogens (tertiary/aromatic N) is 2. The van der Waals surface area contributed by atoms with Crippen LogP contribution in [-0.4, -0.2) is 23.3 Å². The van der Waals surface area contributed by atoms with Crippen LogP contribution in [0, 0.1) is 6.92 Å². The number of nitrogens with one attached hydrogen (secondary N) is 1. The number of nitrogens with two attached hydrogens (primary N) is 1. The quantitative estimate of drug-likeness (QED) is 0.846. The lowest BCUT2D eigenvalue weighted by atomic mass is 10.2. The largest absolute Gasteiger partial charge is 0.496 e. The molecule has 1 aromatic carbocycles. The second-order valence-electron chi connectivity index (χ2n) is 3.64. The normalized spacial score (nSPS) is 10.1. The first-order valence-electron chi connectivity index (χ1n) is 5.16. The minimum Gasteiger partial charge on any atom is -0.496 e. The van der Waals surface area contributed by atoms with Gasteiger partial charge in [-0.2, -0.15) is 0 Å². The van der Waals surface area contributed by atoms with Gasteiger partial charge in [0.1, 0.15) is 5.75 Å². The van der Waals surface area contributed by atoms with Crippen LogP contribution in [0.5, 0.6) is 5.75 Å². The maximum Gasteiger partial charge on any atom is 0.281 e. The van der Waals surface area contributed by atoms with Crippen molar-refractivity contribution >= 4 is 17.4 Å². The SMILES string of the molecule is COc1ccc(NC(=O)c2nonc2N)cc1C. The molecule has 0 spiro atoms. The van der Waals surface area contributed by atoms with Crippen LogP contribution in [0.25, 0.3) is 0 Å². The number of carbonyl (C=O) groups excluding carboxylic acids is 1. The molecule has 0 unspecified atom stereocenters. The van der Waals surface area contributed by atoms with Gasteiger partial charge in [0.25, 0.3) is 5.91 Å². The van der Waals surface area contributed by atoms with Gasteiger partial charge in [-0.25, -0.2) is 4.63 Å². The molecule has 94 valence electrons. The molecule has 0 atom stereocenters. The molecule has 7 heteroatoms. The Bertz CT molecular complexity index is 579. The third-order valence-electron chi connectivity index (χ3n) is 2.38. The van der Waals surface area contributed by atoms with Gasteiger partial charge in [0.2, 0.25) is 11.5 Å². The molecule has 1 amide bonds. The average molecular weight is 248 g/mol. The number of rotatable bonds is 3. The van der Waals surface area contributed by atoms with Crippen molar-refractivity contribution in [3.63, 3.8) is 0 Å². The van der Waals surface area contributed by atoms with Gasteiger partial charge in [0.05, 0.1) is 7.11 Å². The molecule has 2 aromatic rings. The van der Waals surface area contributed by atoms with Crippen LogP contribution in [-0.2, 0) is 0 Å². The number of benzene rings is 1. The smallest absolute Gasteiger partial charge is 0.281 e. The fourth-order valence-electron chi connectivity index (χ4n) is 1.50. The second kappa shape index (κ2) is 4.74. The Morgan fingerprint density at radius 2 is 2.22 bits per heavy atom. The van der Waals surface area contributed by atoms with Gasteiger partial charge in [-0.15, -0.1) is 0 Å². The van der Waals surface area contributed by atoms with Crippen molar-refractivity contribution in [2.45, 2.75) is 6.92 Å². The first-order chi connectivity index (χ1) is 8.61. The zero-order valence-electron chi connectivity index (χ0n) is 9.93. The Labute approximate surface area is 103 Å². The molecule has 2 rings (SSSR count). The van der Waals surface area contributed by atoms with Crippen LogP contribution in [0.15, 0.2) is 22.8 Å². The molecule has 0 bridgehead atoms. The van der Waals surface area contributed by atoms with E-state index in [0.29, 0.717) is 5.69 Å². The summed E-state index contributed by atoms with van der Waals surface area (Å²) in [6, 6.07) is 5.25. The topological polar surface area (TPSA) is 103 Å². The fraction of sp³-hybridized carbons (Fsp3) is 0.182. The molecule has 7 nitrogen and oxygen atoms in total. The molecule has 3 N–H and O–H groups in total. The highest BCUT2D eigenvalue weighted by Gasteiger charge is 2.16. The van der Waals surface area contributed by atoms with Crippen molar-refractivity contribution in [2.24, 2.45) is 0 Å². The van der Waals surface area contributed by atoms with E-state index in [2.05, 4.69) is 20.3 Å². The number of anilines is 2. The molecular weight excluding hydrogens is 236 g/mol. The monoisotopic (exact) mass is 248 g/mol. The highest BCUT2D eigenvalue weighted by Crippen LogP contribution is 2.21. The van der Waals surface area contributed by atoms with Gasteiger partial charge in [0.15, 0.2) is 0 Å². The molecule has 0 aliphatic carbocycles. The Morgan fingerprint density at radius 3 is 2.78 bits per heavy atom. The van der Waals surface area contributed by atoms with Gasteiger partial charge in [-0.3, -0.25) is 4.79 Å². The van der Waals surface area contributed by atoms with E-state index in [1.165, 1.54) is 0 Å². The van der Waals surface area contributed by atoms with Crippen LogP contribution in [0.2, 0.25) is 0 Å². The molecule has 0 fully saturated rings. The zero-order chi connectivity index (χ0) is 13.1. The van der Waals surface area contributed by atoms with Gasteiger partial charge < -0.3 is 15.8 Å². The van der Waals surface area contributed by atoms with Crippen LogP contribution < -0.4 is 15.8 Å². The number of aryl methyl sites for hydroxylation is 1. The average Bonchev–Trinajstić information content (AvgIpc) is 2.76. The highest BCUT2D eigenvalue weighted by atomic mass is 16.6. The van der Waals surface area contributed by atoms with Crippen LogP contribution in [0.4, 0.5) is 11.5 Å². The molecule has 0 aliphatic rings. The molecule has 0 aliphatic heterocycles. The third kappa shape index (κ3) is 2.24. The second-order valence-corrected chi connectivity index (χ2v) is 3.64. The molecule has 1 heterocycles. The molecule has 0 saturated heterocycles. The minimum atomic E-state index is -0.474. The minimum absolute atomic E-state index is 0.0385. The first-order valence-corrected chi connectivity index (χ1v) is 5.16. The Morgan fingerprint density at radius 1 is 1.44 bits per heavy atom. The van der Waals surface area contributed by atoms with Crippen molar-refractivity contribution < 1.29 is 14.2 Å². The lowest BCUT2D eigenvalue weighted by molar-refractivity contribution is 0.101. The number of amides is 1. The summed E-state index contributed by atoms with van der Waals surface area (Å²) in [7, 11) is 1.59. The first kappa shape index (κ1) is 11.9. The summed E-state index contributed by atoms with van der Waals surface area (Å²) in [6.07, 6.45) is 0. The van der Waals surface area contributed by atoms with E-state index < -0.39 is 5.91 Å². The van der Waals surface area contributed by atoms with E-state index in [1.807, 2.05) is 6.92 Å². The van der Waals surface area contributed by atoms with Gasteiger partial charge in [-0.05, 0) is 41.0 Å². The Balaban J connectivity index is 2.17. The summed E-state index contributed by atoms with van der Waals surface area (Å²) in [4.78, 5) is 11.8. The summed E-state index contributed by atoms with van der Waals surface area (Å²) in [5.74, 6) is 0.228. The Kier molecular flexibility index (Phi) is 3.13. The summed E-state index contributed by atoms with van der Waals surface area (Å²) >= 11 is 0. The predicted octanol–water partition coefficient (Wildman–Crippen LogP) is 1.22. The zero-order valence-corrected chi connectivity index (χ0v) is 9.93. The van der Waals surface area contributed by atoms with Crippen molar-refractivity contribution in [1.29, 1.82) is 0 Å². The number of nitrogen functional groups attached to an aromatic ring is 1. The van der Waals surface area contributed by atoms with Crippen molar-refractivity contribution in [3.8, 4) is 5.75 Å². The summed E-state index contributed by atoms with van der Waals surface area (Å²) < 4.78 is 9.48. The molecule has 0 radical (unpaired) electrons. The number of carbonyl (C=O) groups is 1. The van der Waals surface area contributed by atoms with E-state index >= 15 is 0 Å². The summed E-state index contributed by atoms with van der Waals surface area (Å²) in [5, 5.41) is 9.40. The third-order valence-corrected chi connectivity index (χ3v) is 2.38. The van der Waals surface area contributed by atoms with E-state index in [0.717, 1.165) is 11.3 Å². The summed E-state index contributed by atoms with van der Waals surface area (Å²) in [6.45, 7) is 1.88. The maximum atomic E-state index is 11.8. The maximum absolute atomic E-state index is 11.8. The number of hydrogen-bond acceptors (Lipinski definition) is 6. The Hall–Kier alpha value is -2.57. The molecular formula is C11H12N4O3. The van der Waals surface area contributed by atoms with Crippen molar-refractivity contribution in [1.82, 2.24) is 10.3 Å². The fourth-order valence-corrected chi connectivity index (χ4v) is 1.50. The van der Waals surface area contributed by atoms with Crippen LogP contribution >= 0.6 is 0 Å². The van der Waals surface area contributed by atoms with Crippen LogP contribution in [0.3, 0.4) is 0 Å². The highest BCUT2D eigenvalue weighted by molar-refractivity contribution is 6.05. The summed E-state index contributed by atoms with van der Waals surface area (Å²) in [5.41, 5.74) is 6.90. The number of ether oxygens (including phenoxy) is 1. The van der Waals surface area contributed by atoms with E-state index in [1.54, 1.807) is 25.3 Å². The van der Waals surface area contributed by atoms with E-state index in [-0.39, 0.29) is 11.5 Å².